The molecule has 2 aromatic carbocycles. The third kappa shape index (κ3) is 3.68. The topological polar surface area (TPSA) is 47.6 Å². The van der Waals surface area contributed by atoms with Crippen LogP contribution in [-0.2, 0) is 0 Å². The van der Waals surface area contributed by atoms with E-state index < -0.39 is 0 Å². The van der Waals surface area contributed by atoms with E-state index in [0.717, 1.165) is 0 Å². The molecule has 0 fully saturated rings. The fourth-order valence-corrected chi connectivity index (χ4v) is 2.64. The van der Waals surface area contributed by atoms with Crippen molar-refractivity contribution in [3.8, 4) is 11.5 Å². The molecule has 0 spiro atoms. The zero-order chi connectivity index (χ0) is 15.4. The smallest absolute Gasteiger partial charge is 0.256 e. The Balaban J connectivity index is 2.30. The first-order chi connectivity index (χ1) is 10.0. The van der Waals surface area contributed by atoms with Crippen LogP contribution in [0.4, 0.5) is 5.69 Å². The molecule has 0 saturated heterocycles. The summed E-state index contributed by atoms with van der Waals surface area (Å²) in [6.45, 7) is 0. The van der Waals surface area contributed by atoms with Crippen LogP contribution in [0.25, 0.3) is 0 Å². The summed E-state index contributed by atoms with van der Waals surface area (Å²) in [5.41, 5.74) is 1.01. The van der Waals surface area contributed by atoms with Gasteiger partial charge in [0.05, 0.1) is 25.5 Å². The summed E-state index contributed by atoms with van der Waals surface area (Å²) in [6, 6.07) is 10.1. The quantitative estimate of drug-likeness (QED) is 0.869. The van der Waals surface area contributed by atoms with E-state index in [0.29, 0.717) is 32.2 Å². The van der Waals surface area contributed by atoms with Crippen LogP contribution in [-0.4, -0.2) is 20.1 Å². The van der Waals surface area contributed by atoms with E-state index in [-0.39, 0.29) is 5.91 Å². The summed E-state index contributed by atoms with van der Waals surface area (Å²) in [4.78, 5) is 12.3. The number of hydrogen-bond acceptors (Lipinski definition) is 3. The van der Waals surface area contributed by atoms with E-state index in [9.17, 15) is 4.79 Å². The standard InChI is InChI=1S/C15H13BrClNO3/c1-20-10-4-6-14(21-2)13(8-10)18-15(19)11-5-3-9(17)7-12(11)16/h3-8H,1-2H3,(H,18,19). The van der Waals surface area contributed by atoms with Crippen LogP contribution in [0, 0.1) is 0 Å². The Bertz CT molecular complexity index is 676. The van der Waals surface area contributed by atoms with Crippen LogP contribution in [0.1, 0.15) is 10.4 Å². The summed E-state index contributed by atoms with van der Waals surface area (Å²) in [5, 5.41) is 3.35. The predicted octanol–water partition coefficient (Wildman–Crippen LogP) is 4.37. The van der Waals surface area contributed by atoms with Gasteiger partial charge in [-0.05, 0) is 46.3 Å². The minimum Gasteiger partial charge on any atom is -0.497 e. The summed E-state index contributed by atoms with van der Waals surface area (Å²) >= 11 is 9.19. The summed E-state index contributed by atoms with van der Waals surface area (Å²) in [6.07, 6.45) is 0. The number of benzene rings is 2. The number of halogens is 2. The van der Waals surface area contributed by atoms with Gasteiger partial charge in [0, 0.05) is 15.6 Å². The number of ether oxygens (including phenoxy) is 2. The molecule has 6 heteroatoms. The van der Waals surface area contributed by atoms with Crippen LogP contribution >= 0.6 is 27.5 Å². The molecule has 0 unspecified atom stereocenters. The molecule has 0 aliphatic heterocycles. The number of carbonyl (C=O) groups is 1. The van der Waals surface area contributed by atoms with Gasteiger partial charge >= 0.3 is 0 Å². The first-order valence-electron chi connectivity index (χ1n) is 6.03. The second kappa shape index (κ2) is 6.83. The van der Waals surface area contributed by atoms with Crippen molar-refractivity contribution < 1.29 is 14.3 Å². The van der Waals surface area contributed by atoms with Gasteiger partial charge < -0.3 is 14.8 Å². The average molecular weight is 371 g/mol. The zero-order valence-electron chi connectivity index (χ0n) is 11.4. The van der Waals surface area contributed by atoms with Crippen LogP contribution in [0.5, 0.6) is 11.5 Å². The average Bonchev–Trinajstić information content (AvgIpc) is 2.46. The highest BCUT2D eigenvalue weighted by Gasteiger charge is 2.13. The van der Waals surface area contributed by atoms with Crippen molar-refractivity contribution in [2.24, 2.45) is 0 Å². The number of carbonyl (C=O) groups excluding carboxylic acids is 1. The van der Waals surface area contributed by atoms with E-state index in [4.69, 9.17) is 21.1 Å². The van der Waals surface area contributed by atoms with Gasteiger partial charge in [0.15, 0.2) is 0 Å². The van der Waals surface area contributed by atoms with Crippen molar-refractivity contribution in [1.29, 1.82) is 0 Å². The highest BCUT2D eigenvalue weighted by atomic mass is 79.9. The molecule has 0 aliphatic carbocycles. The highest BCUT2D eigenvalue weighted by molar-refractivity contribution is 9.10. The molecule has 1 N–H and O–H groups in total. The van der Waals surface area contributed by atoms with Crippen molar-refractivity contribution in [2.75, 3.05) is 19.5 Å². The van der Waals surface area contributed by atoms with Crippen molar-refractivity contribution in [1.82, 2.24) is 0 Å². The molecular formula is C15H13BrClNO3. The van der Waals surface area contributed by atoms with Crippen molar-refractivity contribution in [3.63, 3.8) is 0 Å². The minimum absolute atomic E-state index is 0.273. The lowest BCUT2D eigenvalue weighted by molar-refractivity contribution is 0.102. The highest BCUT2D eigenvalue weighted by Crippen LogP contribution is 2.30. The fraction of sp³-hybridized carbons (Fsp3) is 0.133. The lowest BCUT2D eigenvalue weighted by Gasteiger charge is -2.12. The minimum atomic E-state index is -0.273. The van der Waals surface area contributed by atoms with E-state index in [2.05, 4.69) is 21.2 Å². The molecule has 0 aliphatic rings. The largest absolute Gasteiger partial charge is 0.497 e. The van der Waals surface area contributed by atoms with Gasteiger partial charge in [-0.25, -0.2) is 0 Å². The number of nitrogens with one attached hydrogen (secondary N) is 1. The van der Waals surface area contributed by atoms with Gasteiger partial charge in [0.25, 0.3) is 5.91 Å². The van der Waals surface area contributed by atoms with Crippen LogP contribution < -0.4 is 14.8 Å². The molecule has 0 radical (unpaired) electrons. The molecule has 0 atom stereocenters. The van der Waals surface area contributed by atoms with Gasteiger partial charge in [0.1, 0.15) is 11.5 Å². The lowest BCUT2D eigenvalue weighted by Crippen LogP contribution is -2.13. The molecule has 21 heavy (non-hydrogen) atoms. The third-order valence-corrected chi connectivity index (χ3v) is 3.72. The van der Waals surface area contributed by atoms with Crippen molar-refractivity contribution in [3.05, 3.63) is 51.5 Å². The summed E-state index contributed by atoms with van der Waals surface area (Å²) < 4.78 is 11.0. The van der Waals surface area contributed by atoms with Crippen LogP contribution in [0.2, 0.25) is 5.02 Å². The second-order valence-electron chi connectivity index (χ2n) is 4.14. The molecule has 2 aromatic rings. The molecule has 110 valence electrons. The maximum Gasteiger partial charge on any atom is 0.256 e. The molecule has 0 aromatic heterocycles. The first kappa shape index (κ1) is 15.7. The number of amides is 1. The Kier molecular flexibility index (Phi) is 5.09. The van der Waals surface area contributed by atoms with E-state index in [1.165, 1.54) is 7.11 Å². The SMILES string of the molecule is COc1ccc(OC)c(NC(=O)c2ccc(Cl)cc2Br)c1. The molecular weight excluding hydrogens is 358 g/mol. The zero-order valence-corrected chi connectivity index (χ0v) is 13.8. The van der Waals surface area contributed by atoms with Gasteiger partial charge in [0.2, 0.25) is 0 Å². The fourth-order valence-electron chi connectivity index (χ4n) is 1.78. The molecule has 4 nitrogen and oxygen atoms in total. The molecule has 1 amide bonds. The number of methoxy groups -OCH3 is 2. The van der Waals surface area contributed by atoms with Gasteiger partial charge in [-0.15, -0.1) is 0 Å². The molecule has 0 heterocycles. The number of rotatable bonds is 4. The van der Waals surface area contributed by atoms with Crippen molar-refractivity contribution in [2.45, 2.75) is 0 Å². The second-order valence-corrected chi connectivity index (χ2v) is 5.44. The number of hydrogen-bond donors (Lipinski definition) is 1. The molecule has 0 saturated carbocycles. The van der Waals surface area contributed by atoms with E-state index in [1.807, 2.05) is 0 Å². The van der Waals surface area contributed by atoms with Crippen LogP contribution in [0.15, 0.2) is 40.9 Å². The molecule has 0 bridgehead atoms. The Hall–Kier alpha value is -1.72. The van der Waals surface area contributed by atoms with Gasteiger partial charge in [-0.2, -0.15) is 0 Å². The predicted molar refractivity (Wildman–Crippen MR) is 86.7 cm³/mol. The van der Waals surface area contributed by atoms with Crippen LogP contribution in [0.3, 0.4) is 0 Å². The van der Waals surface area contributed by atoms with Crippen molar-refractivity contribution >= 4 is 39.1 Å². The number of anilines is 1. The third-order valence-electron chi connectivity index (χ3n) is 2.83. The van der Waals surface area contributed by atoms with Gasteiger partial charge in [-0.3, -0.25) is 4.79 Å². The monoisotopic (exact) mass is 369 g/mol. The maximum absolute atomic E-state index is 12.3. The first-order valence-corrected chi connectivity index (χ1v) is 7.20. The van der Waals surface area contributed by atoms with Gasteiger partial charge in [-0.1, -0.05) is 11.6 Å². The normalized spacial score (nSPS) is 10.1. The van der Waals surface area contributed by atoms with E-state index >= 15 is 0 Å². The summed E-state index contributed by atoms with van der Waals surface area (Å²) in [7, 11) is 3.10. The Morgan fingerprint density at radius 3 is 2.52 bits per heavy atom. The van der Waals surface area contributed by atoms with E-state index in [1.54, 1.807) is 43.5 Å². The lowest BCUT2D eigenvalue weighted by atomic mass is 10.2. The molecule has 2 rings (SSSR count). The maximum atomic E-state index is 12.3. The Morgan fingerprint density at radius 2 is 1.90 bits per heavy atom. The Morgan fingerprint density at radius 1 is 1.14 bits per heavy atom. The summed E-state index contributed by atoms with van der Waals surface area (Å²) in [5.74, 6) is 0.903. The Labute approximate surface area is 136 Å².